The fraction of sp³-hybridized carbons (Fsp3) is 0.105. The average molecular weight is 384 g/mol. The molecule has 0 aliphatic rings. The van der Waals surface area contributed by atoms with Crippen molar-refractivity contribution in [3.8, 4) is 11.3 Å². The van der Waals surface area contributed by atoms with Crippen LogP contribution in [-0.2, 0) is 12.8 Å². The molecule has 0 aliphatic carbocycles. The summed E-state index contributed by atoms with van der Waals surface area (Å²) < 4.78 is 7.35. The van der Waals surface area contributed by atoms with Crippen molar-refractivity contribution >= 4 is 34.3 Å². The highest BCUT2D eigenvalue weighted by Gasteiger charge is 2.11. The summed E-state index contributed by atoms with van der Waals surface area (Å²) in [6.07, 6.45) is 1.69. The van der Waals surface area contributed by atoms with Crippen LogP contribution in [-0.4, -0.2) is 14.5 Å². The van der Waals surface area contributed by atoms with Gasteiger partial charge in [0.15, 0.2) is 10.9 Å². The number of oxazole rings is 1. The topological polar surface area (TPSA) is 60.9 Å². The van der Waals surface area contributed by atoms with Crippen molar-refractivity contribution in [1.29, 1.82) is 0 Å². The van der Waals surface area contributed by atoms with Crippen molar-refractivity contribution < 1.29 is 4.42 Å². The number of benzene rings is 2. The maximum Gasteiger partial charge on any atom is 0.261 e. The first-order chi connectivity index (χ1) is 12.6. The van der Waals surface area contributed by atoms with Gasteiger partial charge < -0.3 is 4.42 Å². The summed E-state index contributed by atoms with van der Waals surface area (Å²) in [4.78, 5) is 21.3. The molecule has 0 bridgehead atoms. The Morgan fingerprint density at radius 2 is 1.92 bits per heavy atom. The predicted molar refractivity (Wildman–Crippen MR) is 103 cm³/mol. The number of hydrogen-bond donors (Lipinski definition) is 0. The number of thioether (sulfide) groups is 1. The van der Waals surface area contributed by atoms with E-state index in [1.165, 1.54) is 11.8 Å². The average Bonchev–Trinajstić information content (AvgIpc) is 3.13. The van der Waals surface area contributed by atoms with Crippen LogP contribution < -0.4 is 5.56 Å². The largest absolute Gasteiger partial charge is 0.440 e. The van der Waals surface area contributed by atoms with Gasteiger partial charge in [0.05, 0.1) is 22.9 Å². The van der Waals surface area contributed by atoms with Crippen LogP contribution in [0.3, 0.4) is 0 Å². The van der Waals surface area contributed by atoms with E-state index in [2.05, 4.69) is 9.97 Å². The van der Waals surface area contributed by atoms with Crippen LogP contribution in [0.5, 0.6) is 0 Å². The number of rotatable bonds is 4. The Hall–Kier alpha value is -2.57. The lowest BCUT2D eigenvalue weighted by Gasteiger charge is -2.07. The fourth-order valence-corrected chi connectivity index (χ4v) is 3.53. The third-order valence-electron chi connectivity index (χ3n) is 3.95. The van der Waals surface area contributed by atoms with E-state index in [1.807, 2.05) is 42.5 Å². The van der Waals surface area contributed by atoms with Gasteiger partial charge in [0.2, 0.25) is 5.89 Å². The standard InChI is InChI=1S/C19H14ClN3O2S/c1-23-18(24)14-4-2-3-5-15(14)22-19(23)26-11-17-21-10-16(25-17)12-6-8-13(20)9-7-12/h2-10H,11H2,1H3. The van der Waals surface area contributed by atoms with Gasteiger partial charge in [-0.2, -0.15) is 0 Å². The maximum absolute atomic E-state index is 12.4. The minimum Gasteiger partial charge on any atom is -0.440 e. The molecule has 26 heavy (non-hydrogen) atoms. The van der Waals surface area contributed by atoms with E-state index in [-0.39, 0.29) is 5.56 Å². The predicted octanol–water partition coefficient (Wildman–Crippen LogP) is 4.53. The zero-order chi connectivity index (χ0) is 18.1. The molecule has 7 heteroatoms. The molecule has 0 unspecified atom stereocenters. The van der Waals surface area contributed by atoms with Gasteiger partial charge in [0.1, 0.15) is 0 Å². The molecule has 0 saturated carbocycles. The van der Waals surface area contributed by atoms with Gasteiger partial charge in [-0.1, -0.05) is 35.5 Å². The Labute approximate surface area is 158 Å². The molecule has 0 fully saturated rings. The molecule has 0 aliphatic heterocycles. The fourth-order valence-electron chi connectivity index (χ4n) is 2.58. The van der Waals surface area contributed by atoms with Crippen LogP contribution in [0.4, 0.5) is 0 Å². The van der Waals surface area contributed by atoms with Crippen LogP contribution >= 0.6 is 23.4 Å². The van der Waals surface area contributed by atoms with Gasteiger partial charge in [-0.25, -0.2) is 9.97 Å². The summed E-state index contributed by atoms with van der Waals surface area (Å²) in [6.45, 7) is 0. The summed E-state index contributed by atoms with van der Waals surface area (Å²) in [6, 6.07) is 14.7. The zero-order valence-corrected chi connectivity index (χ0v) is 15.4. The second-order valence-electron chi connectivity index (χ2n) is 5.69. The van der Waals surface area contributed by atoms with Crippen LogP contribution in [0.2, 0.25) is 5.02 Å². The van der Waals surface area contributed by atoms with Crippen LogP contribution in [0.25, 0.3) is 22.2 Å². The molecule has 4 rings (SSSR count). The molecule has 0 saturated heterocycles. The SMILES string of the molecule is Cn1c(SCc2ncc(-c3ccc(Cl)cc3)o2)nc2ccccc2c1=O. The number of nitrogens with zero attached hydrogens (tertiary/aromatic N) is 3. The quantitative estimate of drug-likeness (QED) is 0.382. The van der Waals surface area contributed by atoms with E-state index >= 15 is 0 Å². The van der Waals surface area contributed by atoms with Gasteiger partial charge in [0, 0.05) is 17.6 Å². The Balaban J connectivity index is 1.56. The number of aromatic nitrogens is 3. The first-order valence-electron chi connectivity index (χ1n) is 7.91. The van der Waals surface area contributed by atoms with Gasteiger partial charge >= 0.3 is 0 Å². The number of halogens is 1. The van der Waals surface area contributed by atoms with Crippen molar-refractivity contribution in [2.24, 2.45) is 7.05 Å². The molecule has 0 spiro atoms. The van der Waals surface area contributed by atoms with Crippen molar-refractivity contribution in [2.75, 3.05) is 0 Å². The molecule has 5 nitrogen and oxygen atoms in total. The van der Waals surface area contributed by atoms with E-state index in [0.29, 0.717) is 38.5 Å². The first-order valence-corrected chi connectivity index (χ1v) is 9.27. The second kappa shape index (κ2) is 6.97. The molecule has 0 N–H and O–H groups in total. The first kappa shape index (κ1) is 16.9. The lowest BCUT2D eigenvalue weighted by atomic mass is 10.2. The molecule has 0 atom stereocenters. The zero-order valence-electron chi connectivity index (χ0n) is 13.8. The molecule has 2 heterocycles. The highest BCUT2D eigenvalue weighted by atomic mass is 35.5. The minimum absolute atomic E-state index is 0.0626. The summed E-state index contributed by atoms with van der Waals surface area (Å²) in [5, 5.41) is 1.91. The number of para-hydroxylation sites is 1. The minimum atomic E-state index is -0.0626. The second-order valence-corrected chi connectivity index (χ2v) is 7.07. The van der Waals surface area contributed by atoms with Crippen LogP contribution in [0.1, 0.15) is 5.89 Å². The molecule has 2 aromatic carbocycles. The van der Waals surface area contributed by atoms with E-state index in [1.54, 1.807) is 23.9 Å². The number of hydrogen-bond acceptors (Lipinski definition) is 5. The molecular weight excluding hydrogens is 370 g/mol. The Morgan fingerprint density at radius 3 is 2.73 bits per heavy atom. The van der Waals surface area contributed by atoms with Gasteiger partial charge in [-0.05, 0) is 36.4 Å². The van der Waals surface area contributed by atoms with Crippen molar-refractivity contribution in [2.45, 2.75) is 10.9 Å². The van der Waals surface area contributed by atoms with Crippen molar-refractivity contribution in [1.82, 2.24) is 14.5 Å². The van der Waals surface area contributed by atoms with Crippen molar-refractivity contribution in [3.63, 3.8) is 0 Å². The molecule has 0 radical (unpaired) electrons. The smallest absolute Gasteiger partial charge is 0.261 e. The third-order valence-corrected chi connectivity index (χ3v) is 5.22. The van der Waals surface area contributed by atoms with E-state index in [9.17, 15) is 4.79 Å². The van der Waals surface area contributed by atoms with Crippen LogP contribution in [0, 0.1) is 0 Å². The number of fused-ring (bicyclic) bond motifs is 1. The summed E-state index contributed by atoms with van der Waals surface area (Å²) in [5.74, 6) is 1.73. The summed E-state index contributed by atoms with van der Waals surface area (Å²) in [5.41, 5.74) is 1.54. The van der Waals surface area contributed by atoms with Crippen molar-refractivity contribution in [3.05, 3.63) is 76.0 Å². The molecular formula is C19H14ClN3O2S. The lowest BCUT2D eigenvalue weighted by molar-refractivity contribution is 0.529. The van der Waals surface area contributed by atoms with E-state index < -0.39 is 0 Å². The maximum atomic E-state index is 12.4. The Kier molecular flexibility index (Phi) is 4.53. The Morgan fingerprint density at radius 1 is 1.15 bits per heavy atom. The molecule has 4 aromatic rings. The van der Waals surface area contributed by atoms with E-state index in [4.69, 9.17) is 16.0 Å². The van der Waals surface area contributed by atoms with Gasteiger partial charge in [-0.15, -0.1) is 0 Å². The molecule has 2 aromatic heterocycles. The van der Waals surface area contributed by atoms with Gasteiger partial charge in [0.25, 0.3) is 5.56 Å². The highest BCUT2D eigenvalue weighted by molar-refractivity contribution is 7.98. The third kappa shape index (κ3) is 3.25. The molecule has 130 valence electrons. The molecule has 0 amide bonds. The monoisotopic (exact) mass is 383 g/mol. The summed E-state index contributed by atoms with van der Waals surface area (Å²) >= 11 is 7.32. The van der Waals surface area contributed by atoms with Gasteiger partial charge in [-0.3, -0.25) is 9.36 Å². The van der Waals surface area contributed by atoms with E-state index in [0.717, 1.165) is 5.56 Å². The van der Waals surface area contributed by atoms with Crippen LogP contribution in [0.15, 0.2) is 69.1 Å². The lowest BCUT2D eigenvalue weighted by Crippen LogP contribution is -2.19. The summed E-state index contributed by atoms with van der Waals surface area (Å²) in [7, 11) is 1.72. The Bertz CT molecular complexity index is 1140. The normalized spacial score (nSPS) is 11.2. The highest BCUT2D eigenvalue weighted by Crippen LogP contribution is 2.26.